The molecule has 2 aliphatic heterocycles. The van der Waals surface area contributed by atoms with Crippen LogP contribution in [0.25, 0.3) is 11.6 Å². The average Bonchev–Trinajstić information content (AvgIpc) is 3.29. The number of halogens is 3. The molecule has 2 aromatic rings. The van der Waals surface area contributed by atoms with E-state index in [1.165, 1.54) is 25.1 Å². The van der Waals surface area contributed by atoms with Gasteiger partial charge >= 0.3 is 0 Å². The van der Waals surface area contributed by atoms with Crippen LogP contribution in [-0.2, 0) is 10.7 Å². The summed E-state index contributed by atoms with van der Waals surface area (Å²) in [6, 6.07) is 3.69. The molecule has 180 valence electrons. The molecule has 3 heterocycles. The Labute approximate surface area is 194 Å². The summed E-state index contributed by atoms with van der Waals surface area (Å²) >= 11 is 0. The summed E-state index contributed by atoms with van der Waals surface area (Å²) in [5.41, 5.74) is -1.55. The minimum Gasteiger partial charge on any atom is -0.388 e. The predicted octanol–water partition coefficient (Wildman–Crippen LogP) is 3.08. The second-order valence-electron chi connectivity index (χ2n) is 8.60. The zero-order valence-corrected chi connectivity index (χ0v) is 18.5. The number of hydrogen-bond donors (Lipinski definition) is 5. The minimum absolute atomic E-state index is 0.0205. The Kier molecular flexibility index (Phi) is 6.13. The van der Waals surface area contributed by atoms with E-state index >= 15 is 8.78 Å². The van der Waals surface area contributed by atoms with Crippen LogP contribution in [0, 0.1) is 12.7 Å². The molecule has 0 saturated carbocycles. The minimum atomic E-state index is -3.62. The van der Waals surface area contributed by atoms with Crippen molar-refractivity contribution < 1.29 is 27.9 Å². The van der Waals surface area contributed by atoms with E-state index in [0.717, 1.165) is 6.07 Å². The molecule has 0 atom stereocenters. The first-order valence-corrected chi connectivity index (χ1v) is 10.8. The Morgan fingerprint density at radius 2 is 2.03 bits per heavy atom. The molecule has 0 radical (unpaired) electrons. The Morgan fingerprint density at radius 3 is 2.71 bits per heavy atom. The van der Waals surface area contributed by atoms with Gasteiger partial charge in [0.05, 0.1) is 22.3 Å². The van der Waals surface area contributed by atoms with Crippen molar-refractivity contribution in [2.45, 2.75) is 31.3 Å². The summed E-state index contributed by atoms with van der Waals surface area (Å²) in [7, 11) is 0. The van der Waals surface area contributed by atoms with E-state index in [0.29, 0.717) is 37.7 Å². The fourth-order valence-electron chi connectivity index (χ4n) is 4.34. The number of benzene rings is 1. The molecular formula is C24H25F3N4O3. The molecule has 34 heavy (non-hydrogen) atoms. The van der Waals surface area contributed by atoms with E-state index in [4.69, 9.17) is 0 Å². The van der Waals surface area contributed by atoms with Gasteiger partial charge in [0.1, 0.15) is 5.82 Å². The maximum Gasteiger partial charge on any atom is 0.294 e. The number of fused-ring (bicyclic) bond motifs is 1. The Bertz CT molecular complexity index is 1200. The fraction of sp³-hybridized carbons (Fsp3) is 0.333. The van der Waals surface area contributed by atoms with Gasteiger partial charge < -0.3 is 26.0 Å². The number of carbonyl (C=O) groups excluding carboxylic acids is 2. The van der Waals surface area contributed by atoms with Crippen LogP contribution < -0.4 is 16.0 Å². The molecule has 1 aromatic carbocycles. The summed E-state index contributed by atoms with van der Waals surface area (Å²) in [6.07, 6.45) is 2.42. The molecular weight excluding hydrogens is 449 g/mol. The number of nitrogens with one attached hydrogen (secondary N) is 4. The van der Waals surface area contributed by atoms with Crippen molar-refractivity contribution in [2.24, 2.45) is 0 Å². The third-order valence-corrected chi connectivity index (χ3v) is 6.20. The van der Waals surface area contributed by atoms with Crippen LogP contribution in [0.3, 0.4) is 0 Å². The van der Waals surface area contributed by atoms with Crippen molar-refractivity contribution in [1.82, 2.24) is 15.6 Å². The number of rotatable bonds is 6. The van der Waals surface area contributed by atoms with E-state index in [1.54, 1.807) is 0 Å². The van der Waals surface area contributed by atoms with Gasteiger partial charge in [-0.1, -0.05) is 6.58 Å². The number of aromatic amines is 1. The van der Waals surface area contributed by atoms with Gasteiger partial charge in [0.25, 0.3) is 17.7 Å². The van der Waals surface area contributed by atoms with Gasteiger partial charge in [-0.2, -0.15) is 8.78 Å². The lowest BCUT2D eigenvalue weighted by molar-refractivity contribution is -0.110. The van der Waals surface area contributed by atoms with Crippen LogP contribution in [0.4, 0.5) is 18.9 Å². The maximum atomic E-state index is 15.0. The first kappa shape index (κ1) is 23.8. The Morgan fingerprint density at radius 1 is 1.32 bits per heavy atom. The van der Waals surface area contributed by atoms with Crippen LogP contribution in [0.15, 0.2) is 30.9 Å². The lowest BCUT2D eigenvalue weighted by Crippen LogP contribution is -2.49. The molecule has 0 aliphatic carbocycles. The molecule has 4 rings (SSSR count). The topological polar surface area (TPSA) is 106 Å². The van der Waals surface area contributed by atoms with Crippen molar-refractivity contribution >= 4 is 29.2 Å². The third kappa shape index (κ3) is 4.38. The normalized spacial score (nSPS) is 18.5. The number of allylic oxidation sites excluding steroid dienone is 1. The number of amides is 2. The summed E-state index contributed by atoms with van der Waals surface area (Å²) in [5.74, 6) is -5.57. The van der Waals surface area contributed by atoms with Crippen molar-refractivity contribution in [3.05, 3.63) is 64.7 Å². The quantitative estimate of drug-likeness (QED) is 0.328. The van der Waals surface area contributed by atoms with E-state index in [-0.39, 0.29) is 34.6 Å². The van der Waals surface area contributed by atoms with Crippen molar-refractivity contribution in [3.8, 4) is 0 Å². The van der Waals surface area contributed by atoms with E-state index < -0.39 is 34.7 Å². The van der Waals surface area contributed by atoms with Crippen molar-refractivity contribution in [2.75, 3.05) is 25.0 Å². The molecule has 1 aromatic heterocycles. The monoisotopic (exact) mass is 474 g/mol. The molecule has 0 spiro atoms. The Balaban J connectivity index is 1.74. The third-order valence-electron chi connectivity index (χ3n) is 6.20. The van der Waals surface area contributed by atoms with E-state index in [9.17, 15) is 19.1 Å². The molecule has 0 unspecified atom stereocenters. The predicted molar refractivity (Wildman–Crippen MR) is 122 cm³/mol. The number of alkyl halides is 2. The van der Waals surface area contributed by atoms with Gasteiger partial charge in [0, 0.05) is 29.2 Å². The molecule has 2 aliphatic rings. The highest BCUT2D eigenvalue weighted by Gasteiger charge is 2.39. The molecule has 10 heteroatoms. The number of anilines is 1. The highest BCUT2D eigenvalue weighted by molar-refractivity contribution is 6.35. The second kappa shape index (κ2) is 8.77. The van der Waals surface area contributed by atoms with E-state index in [2.05, 4.69) is 27.5 Å². The molecule has 1 fully saturated rings. The zero-order valence-electron chi connectivity index (χ0n) is 18.5. The highest BCUT2D eigenvalue weighted by Crippen LogP contribution is 2.40. The summed E-state index contributed by atoms with van der Waals surface area (Å²) in [5, 5.41) is 18.9. The van der Waals surface area contributed by atoms with Gasteiger partial charge in [-0.15, -0.1) is 0 Å². The van der Waals surface area contributed by atoms with Gasteiger partial charge in [0.2, 0.25) is 0 Å². The number of hydrogen-bond acceptors (Lipinski definition) is 4. The standard InChI is InChI=1S/C24H25F3N4O3/c1-3-24(26,27)20-18(11-16-15-10-14(25)4-5-17(15)31-21(16)32)30-13(2)19(20)22(33)29-12-23(34)6-8-28-9-7-23/h3-5,10-11,28,30,34H,1,6-9,12H2,2H3,(H,29,33)(H,31,32)/b16-11-. The van der Waals surface area contributed by atoms with Gasteiger partial charge in [-0.25, -0.2) is 4.39 Å². The number of aryl methyl sites for hydroxylation is 1. The first-order valence-electron chi connectivity index (χ1n) is 10.8. The fourth-order valence-corrected chi connectivity index (χ4v) is 4.34. The highest BCUT2D eigenvalue weighted by atomic mass is 19.3. The lowest BCUT2D eigenvalue weighted by Gasteiger charge is -2.32. The molecule has 1 saturated heterocycles. The molecule has 7 nitrogen and oxygen atoms in total. The smallest absolute Gasteiger partial charge is 0.294 e. The number of carbonyl (C=O) groups is 2. The summed E-state index contributed by atoms with van der Waals surface area (Å²) in [4.78, 5) is 28.3. The van der Waals surface area contributed by atoms with Gasteiger partial charge in [-0.05, 0) is 63.2 Å². The summed E-state index contributed by atoms with van der Waals surface area (Å²) in [6.45, 7) is 5.72. The van der Waals surface area contributed by atoms with E-state index in [1.807, 2.05) is 0 Å². The number of piperidine rings is 1. The van der Waals surface area contributed by atoms with Crippen LogP contribution in [0.5, 0.6) is 0 Å². The Hall–Kier alpha value is -3.37. The zero-order chi connectivity index (χ0) is 24.7. The SMILES string of the molecule is C=CC(F)(F)c1c(/C=C2\C(=O)Nc3ccc(F)cc32)[nH]c(C)c1C(=O)NCC1(O)CCNCC1. The molecule has 0 bridgehead atoms. The largest absolute Gasteiger partial charge is 0.388 e. The lowest BCUT2D eigenvalue weighted by atomic mass is 9.92. The van der Waals surface area contributed by atoms with Gasteiger partial charge in [-0.3, -0.25) is 9.59 Å². The van der Waals surface area contributed by atoms with Crippen molar-refractivity contribution in [1.29, 1.82) is 0 Å². The first-order chi connectivity index (χ1) is 16.0. The molecule has 5 N–H and O–H groups in total. The van der Waals surface area contributed by atoms with Crippen LogP contribution in [0.2, 0.25) is 0 Å². The number of aromatic nitrogens is 1. The van der Waals surface area contributed by atoms with Crippen LogP contribution in [-0.4, -0.2) is 47.1 Å². The summed E-state index contributed by atoms with van der Waals surface area (Å²) < 4.78 is 43.8. The average molecular weight is 474 g/mol. The van der Waals surface area contributed by atoms with Crippen LogP contribution >= 0.6 is 0 Å². The van der Waals surface area contributed by atoms with Crippen molar-refractivity contribution in [3.63, 3.8) is 0 Å². The van der Waals surface area contributed by atoms with Crippen LogP contribution in [0.1, 0.15) is 45.7 Å². The number of H-pyrrole nitrogens is 1. The van der Waals surface area contributed by atoms with Gasteiger partial charge in [0.15, 0.2) is 0 Å². The molecule has 2 amide bonds. The second-order valence-corrected chi connectivity index (χ2v) is 8.60. The number of aliphatic hydroxyl groups is 1. The maximum absolute atomic E-state index is 15.0.